The van der Waals surface area contributed by atoms with Crippen LogP contribution in [0, 0.1) is 0 Å². The lowest BCUT2D eigenvalue weighted by atomic mass is 9.83. The molecule has 4 nitrogen and oxygen atoms in total. The van der Waals surface area contributed by atoms with Crippen LogP contribution < -0.4 is 0 Å². The Balaban J connectivity index is 1.39. The Labute approximate surface area is 372 Å². The number of pyridine rings is 1. The first kappa shape index (κ1) is 39.9. The summed E-state index contributed by atoms with van der Waals surface area (Å²) in [5.41, 5.74) is 16.2. The van der Waals surface area contributed by atoms with Crippen LogP contribution in [-0.2, 0) is 5.41 Å². The number of phenolic OH excluding ortho intramolecular Hbond substituents is 1. The molecule has 0 fully saturated rings. The van der Waals surface area contributed by atoms with Crippen molar-refractivity contribution in [3.05, 3.63) is 167 Å². The van der Waals surface area contributed by atoms with Crippen LogP contribution in [0.3, 0.4) is 0 Å². The van der Waals surface area contributed by atoms with Gasteiger partial charge in [0.05, 0.1) is 22.3 Å². The molecule has 1 N–H and O–H groups in total. The summed E-state index contributed by atoms with van der Waals surface area (Å²) in [5, 5.41) is 12.2. The fraction of sp³-hybridized carbons (Fsp3) is 0.276. The van der Waals surface area contributed by atoms with E-state index in [0.717, 1.165) is 83.6 Å². The number of aromatic nitrogens is 3. The molecule has 0 aliphatic rings. The van der Waals surface area contributed by atoms with Gasteiger partial charge in [-0.3, -0.25) is 9.55 Å². The molecule has 0 bridgehead atoms. The molecule has 2 heterocycles. The number of hydrogen-bond acceptors (Lipinski definition) is 3. The molecule has 0 amide bonds. The minimum atomic E-state index is -0.878. The Hall–Kier alpha value is -6.26. The third kappa shape index (κ3) is 8.11. The molecule has 0 atom stereocenters. The Morgan fingerprint density at radius 2 is 1.23 bits per heavy atom. The van der Waals surface area contributed by atoms with Gasteiger partial charge >= 0.3 is 0 Å². The molecule has 8 aromatic rings. The first-order valence-corrected chi connectivity index (χ1v) is 22.0. The van der Waals surface area contributed by atoms with Crippen LogP contribution in [0.2, 0.25) is 0 Å². The SMILES string of the molecule is [2H]C(C)(C)c1cccc(C([2H])(C)C)c1-c1ccc(-n2c(-c3cc(C(C)C)cc(C(C)C)c3O)nc3c(-c4cc(-c5cc(-c6ccccc6)ccn5)cc(C(C)(C)C)c4)cccc32)cc1. The number of nitrogens with zero attached hydrogens (tertiary/aromatic N) is 3. The lowest BCUT2D eigenvalue weighted by Crippen LogP contribution is -2.11. The molecule has 0 aliphatic carbocycles. The summed E-state index contributed by atoms with van der Waals surface area (Å²) in [5.74, 6) is -0.538. The zero-order chi connectivity index (χ0) is 45.9. The molecule has 6 aromatic carbocycles. The minimum Gasteiger partial charge on any atom is -0.507 e. The van der Waals surface area contributed by atoms with Crippen LogP contribution in [0.4, 0.5) is 0 Å². The van der Waals surface area contributed by atoms with Crippen molar-refractivity contribution in [2.45, 2.75) is 105 Å². The van der Waals surface area contributed by atoms with Gasteiger partial charge in [0.2, 0.25) is 0 Å². The van der Waals surface area contributed by atoms with Crippen LogP contribution in [0.1, 0.15) is 130 Å². The summed E-state index contributed by atoms with van der Waals surface area (Å²) in [6.07, 6.45) is 1.89. The highest BCUT2D eigenvalue weighted by atomic mass is 16.3. The Morgan fingerprint density at radius 1 is 0.565 bits per heavy atom. The number of rotatable bonds is 10. The molecule has 4 heteroatoms. The van der Waals surface area contributed by atoms with E-state index in [2.05, 4.69) is 162 Å². The van der Waals surface area contributed by atoms with E-state index >= 15 is 0 Å². The molecule has 0 saturated carbocycles. The first-order valence-electron chi connectivity index (χ1n) is 23.0. The summed E-state index contributed by atoms with van der Waals surface area (Å²) < 4.78 is 20.4. The predicted octanol–water partition coefficient (Wildman–Crippen LogP) is 16.3. The first-order chi connectivity index (χ1) is 30.2. The molecule has 0 radical (unpaired) electrons. The van der Waals surface area contributed by atoms with E-state index in [-0.39, 0.29) is 23.0 Å². The van der Waals surface area contributed by atoms with Gasteiger partial charge in [0.1, 0.15) is 11.6 Å². The summed E-state index contributed by atoms with van der Waals surface area (Å²) in [6.45, 7) is 23.0. The van der Waals surface area contributed by atoms with E-state index in [0.29, 0.717) is 11.4 Å². The van der Waals surface area contributed by atoms with Gasteiger partial charge in [-0.1, -0.05) is 161 Å². The molecule has 0 aliphatic heterocycles. The van der Waals surface area contributed by atoms with E-state index < -0.39 is 11.8 Å². The van der Waals surface area contributed by atoms with Crippen LogP contribution in [-0.4, -0.2) is 19.6 Å². The fourth-order valence-corrected chi connectivity index (χ4v) is 8.63. The summed E-state index contributed by atoms with van der Waals surface area (Å²) in [7, 11) is 0. The second-order valence-corrected chi connectivity index (χ2v) is 18.9. The third-order valence-corrected chi connectivity index (χ3v) is 12.2. The average molecular weight is 818 g/mol. The smallest absolute Gasteiger partial charge is 0.149 e. The monoisotopic (exact) mass is 817 g/mol. The van der Waals surface area contributed by atoms with Gasteiger partial charge in [-0.25, -0.2) is 4.98 Å². The number of imidazole rings is 1. The number of hydrogen-bond donors (Lipinski definition) is 1. The van der Waals surface area contributed by atoms with Crippen molar-refractivity contribution in [2.24, 2.45) is 0 Å². The maximum absolute atomic E-state index is 12.2. The van der Waals surface area contributed by atoms with Crippen molar-refractivity contribution in [3.63, 3.8) is 0 Å². The highest BCUT2D eigenvalue weighted by Gasteiger charge is 2.25. The number of fused-ring (bicyclic) bond motifs is 1. The van der Waals surface area contributed by atoms with E-state index in [4.69, 9.17) is 12.7 Å². The number of benzene rings is 6. The number of para-hydroxylation sites is 1. The van der Waals surface area contributed by atoms with Crippen LogP contribution in [0.25, 0.3) is 72.7 Å². The van der Waals surface area contributed by atoms with Crippen molar-refractivity contribution in [3.8, 4) is 67.5 Å². The molecule has 0 spiro atoms. The number of aromatic hydroxyl groups is 1. The van der Waals surface area contributed by atoms with Gasteiger partial charge in [-0.15, -0.1) is 0 Å². The molecule has 2 aromatic heterocycles. The third-order valence-electron chi connectivity index (χ3n) is 12.2. The standard InChI is InChI=1S/C58H61N3O/c1-35(2)42-32-50(38(7)8)56(62)51(33-42)57-60-55-49(43-29-44(31-45(30-43)58(9,10)11)52-34-41(27-28-59-52)39-17-13-12-14-18-39)21-16-22-53(55)61(57)46-25-23-40(24-26-46)54-47(36(3)4)19-15-20-48(54)37(5)6/h12-38,62H,1-11H3/i36D,37D. The normalized spacial score (nSPS) is 12.9. The van der Waals surface area contributed by atoms with Crippen LogP contribution in [0.15, 0.2) is 140 Å². The molecule has 0 saturated heterocycles. The Bertz CT molecular complexity index is 2960. The summed E-state index contributed by atoms with van der Waals surface area (Å²) in [6, 6.07) is 46.5. The van der Waals surface area contributed by atoms with Gasteiger partial charge in [0, 0.05) is 25.8 Å². The molecular weight excluding hydrogens is 755 g/mol. The van der Waals surface area contributed by atoms with Gasteiger partial charge < -0.3 is 5.11 Å². The molecule has 8 rings (SSSR count). The van der Waals surface area contributed by atoms with E-state index in [9.17, 15) is 5.11 Å². The van der Waals surface area contributed by atoms with Crippen molar-refractivity contribution >= 4 is 11.0 Å². The van der Waals surface area contributed by atoms with Gasteiger partial charge in [0.15, 0.2) is 0 Å². The highest BCUT2D eigenvalue weighted by molar-refractivity contribution is 5.97. The fourth-order valence-electron chi connectivity index (χ4n) is 8.63. The second-order valence-electron chi connectivity index (χ2n) is 18.9. The molecule has 314 valence electrons. The van der Waals surface area contributed by atoms with Crippen LogP contribution >= 0.6 is 0 Å². The van der Waals surface area contributed by atoms with Crippen molar-refractivity contribution in [2.75, 3.05) is 0 Å². The predicted molar refractivity (Wildman–Crippen MR) is 263 cm³/mol. The maximum atomic E-state index is 12.2. The zero-order valence-electron chi connectivity index (χ0n) is 40.2. The zero-order valence-corrected chi connectivity index (χ0v) is 38.2. The second kappa shape index (κ2) is 16.9. The molecular formula is C58H61N3O. The Kier molecular flexibility index (Phi) is 10.9. The minimum absolute atomic E-state index is 0.0921. The lowest BCUT2D eigenvalue weighted by Gasteiger charge is -2.22. The van der Waals surface area contributed by atoms with E-state index in [1.54, 1.807) is 0 Å². The van der Waals surface area contributed by atoms with E-state index in [1.165, 1.54) is 5.56 Å². The van der Waals surface area contributed by atoms with Crippen molar-refractivity contribution < 1.29 is 7.85 Å². The molecule has 0 unspecified atom stereocenters. The van der Waals surface area contributed by atoms with Gasteiger partial charge in [-0.2, -0.15) is 0 Å². The van der Waals surface area contributed by atoms with Crippen LogP contribution in [0.5, 0.6) is 5.75 Å². The lowest BCUT2D eigenvalue weighted by molar-refractivity contribution is 0.466. The molecule has 62 heavy (non-hydrogen) atoms. The summed E-state index contributed by atoms with van der Waals surface area (Å²) in [4.78, 5) is 10.5. The topological polar surface area (TPSA) is 50.9 Å². The maximum Gasteiger partial charge on any atom is 0.149 e. The highest BCUT2D eigenvalue weighted by Crippen LogP contribution is 2.44. The summed E-state index contributed by atoms with van der Waals surface area (Å²) >= 11 is 0. The average Bonchev–Trinajstić information content (AvgIpc) is 3.65. The largest absolute Gasteiger partial charge is 0.507 e. The quantitative estimate of drug-likeness (QED) is 0.150. The van der Waals surface area contributed by atoms with Gasteiger partial charge in [0.25, 0.3) is 0 Å². The van der Waals surface area contributed by atoms with Gasteiger partial charge in [-0.05, 0) is 133 Å². The van der Waals surface area contributed by atoms with Crippen molar-refractivity contribution in [1.29, 1.82) is 0 Å². The number of phenols is 1. The van der Waals surface area contributed by atoms with Crippen molar-refractivity contribution in [1.82, 2.24) is 14.5 Å². The van der Waals surface area contributed by atoms with E-state index in [1.807, 2.05) is 58.2 Å². The Morgan fingerprint density at radius 3 is 1.85 bits per heavy atom.